The molecule has 0 radical (unpaired) electrons. The molecule has 13 rings (SSSR count). The van der Waals surface area contributed by atoms with E-state index in [4.69, 9.17) is 4.42 Å². The molecule has 0 aliphatic heterocycles. The van der Waals surface area contributed by atoms with Crippen molar-refractivity contribution in [2.75, 3.05) is 4.90 Å². The fourth-order valence-corrected chi connectivity index (χ4v) is 11.0. The van der Waals surface area contributed by atoms with Crippen LogP contribution in [-0.4, -0.2) is 0 Å². The highest BCUT2D eigenvalue weighted by molar-refractivity contribution is 6.12. The van der Waals surface area contributed by atoms with Crippen molar-refractivity contribution < 1.29 is 4.42 Å². The molecule has 11 aromatic carbocycles. The van der Waals surface area contributed by atoms with E-state index in [0.717, 1.165) is 61.3 Å². The summed E-state index contributed by atoms with van der Waals surface area (Å²) < 4.78 is 6.32. The van der Waals surface area contributed by atoms with Gasteiger partial charge in [0.1, 0.15) is 11.2 Å². The fraction of sp³-hybridized carbons (Fsp3) is 0.0149. The summed E-state index contributed by atoms with van der Waals surface area (Å²) in [5.74, 6) is 0. The molecular weight excluding hydrogens is 835 g/mol. The van der Waals surface area contributed by atoms with Crippen LogP contribution in [0.4, 0.5) is 17.1 Å². The molecule has 0 saturated heterocycles. The molecule has 1 aliphatic carbocycles. The molecule has 2 nitrogen and oxygen atoms in total. The maximum Gasteiger partial charge on any atom is 0.136 e. The molecule has 0 saturated carbocycles. The number of furan rings is 1. The summed E-state index contributed by atoms with van der Waals surface area (Å²) in [6.07, 6.45) is 0. The molecular formula is C67H45NO. The molecule has 2 heteroatoms. The third-order valence-electron chi connectivity index (χ3n) is 14.2. The van der Waals surface area contributed by atoms with Crippen molar-refractivity contribution in [2.45, 2.75) is 5.41 Å². The lowest BCUT2D eigenvalue weighted by Crippen LogP contribution is -2.28. The quantitative estimate of drug-likeness (QED) is 0.144. The zero-order valence-corrected chi connectivity index (χ0v) is 37.8. The molecule has 0 fully saturated rings. The molecule has 69 heavy (non-hydrogen) atoms. The molecule has 0 unspecified atom stereocenters. The maximum absolute atomic E-state index is 6.32. The van der Waals surface area contributed by atoms with E-state index in [1.165, 1.54) is 55.6 Å². The van der Waals surface area contributed by atoms with E-state index in [1.54, 1.807) is 0 Å². The Hall–Kier alpha value is -8.98. The number of hydrogen-bond donors (Lipinski definition) is 0. The molecule has 324 valence electrons. The van der Waals surface area contributed by atoms with Gasteiger partial charge in [-0.2, -0.15) is 0 Å². The van der Waals surface area contributed by atoms with Crippen molar-refractivity contribution in [1.29, 1.82) is 0 Å². The minimum absolute atomic E-state index is 0.413. The summed E-state index contributed by atoms with van der Waals surface area (Å²) >= 11 is 0. The molecule has 0 atom stereocenters. The Morgan fingerprint density at radius 2 is 0.739 bits per heavy atom. The molecule has 0 spiro atoms. The van der Waals surface area contributed by atoms with E-state index in [1.807, 2.05) is 12.1 Å². The second-order valence-electron chi connectivity index (χ2n) is 18.0. The van der Waals surface area contributed by atoms with Crippen LogP contribution in [0.25, 0.3) is 77.6 Å². The van der Waals surface area contributed by atoms with Gasteiger partial charge in [0, 0.05) is 27.8 Å². The molecule has 1 aliphatic rings. The Bertz CT molecular complexity index is 3780. The minimum atomic E-state index is -0.413. The van der Waals surface area contributed by atoms with E-state index in [2.05, 4.69) is 266 Å². The van der Waals surface area contributed by atoms with Crippen LogP contribution in [-0.2, 0) is 5.41 Å². The van der Waals surface area contributed by atoms with Crippen LogP contribution >= 0.6 is 0 Å². The van der Waals surface area contributed by atoms with E-state index >= 15 is 0 Å². The third kappa shape index (κ3) is 6.80. The van der Waals surface area contributed by atoms with Crippen LogP contribution in [0.5, 0.6) is 0 Å². The Morgan fingerprint density at radius 1 is 0.275 bits per heavy atom. The number of rotatable bonds is 9. The van der Waals surface area contributed by atoms with Crippen molar-refractivity contribution in [3.05, 3.63) is 295 Å². The largest absolute Gasteiger partial charge is 0.456 e. The van der Waals surface area contributed by atoms with Crippen molar-refractivity contribution in [2.24, 2.45) is 0 Å². The highest BCUT2D eigenvalue weighted by Crippen LogP contribution is 2.56. The van der Waals surface area contributed by atoms with E-state index in [9.17, 15) is 0 Å². The number of hydrogen-bond acceptors (Lipinski definition) is 2. The van der Waals surface area contributed by atoms with Gasteiger partial charge in [-0.05, 0) is 132 Å². The number of para-hydroxylation sites is 1. The highest BCUT2D eigenvalue weighted by atomic mass is 16.3. The number of nitrogens with zero attached hydrogens (tertiary/aromatic N) is 1. The van der Waals surface area contributed by atoms with E-state index in [-0.39, 0.29) is 0 Å². The fourth-order valence-electron chi connectivity index (χ4n) is 11.0. The topological polar surface area (TPSA) is 16.4 Å². The second-order valence-corrected chi connectivity index (χ2v) is 18.0. The van der Waals surface area contributed by atoms with Crippen molar-refractivity contribution >= 4 is 39.0 Å². The van der Waals surface area contributed by atoms with Gasteiger partial charge in [-0.25, -0.2) is 0 Å². The standard InChI is InChI=1S/C67H45NO/c1-4-17-46(18-5-1)47-37-40-55(41-38-47)68(57-26-15-20-52(44-57)58-29-16-32-65-66(58)60-28-11-13-31-64(60)69-65)56-25-14-19-50(43-56)48-33-35-49(36-34-48)51-39-42-63-61(45-51)59-27-10-12-30-62(59)67(63,53-21-6-2-7-22-53)54-23-8-3-9-24-54/h1-45H. The normalized spacial score (nSPS) is 12.5. The van der Waals surface area contributed by atoms with Crippen LogP contribution < -0.4 is 4.90 Å². The Labute approximate surface area is 402 Å². The highest BCUT2D eigenvalue weighted by Gasteiger charge is 2.46. The van der Waals surface area contributed by atoms with Crippen LogP contribution in [0.15, 0.2) is 277 Å². The van der Waals surface area contributed by atoms with Crippen LogP contribution in [0.2, 0.25) is 0 Å². The van der Waals surface area contributed by atoms with Crippen LogP contribution in [0.3, 0.4) is 0 Å². The molecule has 12 aromatic rings. The van der Waals surface area contributed by atoms with Crippen LogP contribution in [0, 0.1) is 0 Å². The Morgan fingerprint density at radius 3 is 1.45 bits per heavy atom. The van der Waals surface area contributed by atoms with Gasteiger partial charge in [-0.1, -0.05) is 218 Å². The van der Waals surface area contributed by atoms with Crippen molar-refractivity contribution in [1.82, 2.24) is 0 Å². The lowest BCUT2D eigenvalue weighted by atomic mass is 9.67. The van der Waals surface area contributed by atoms with Gasteiger partial charge in [0.15, 0.2) is 0 Å². The predicted octanol–water partition coefficient (Wildman–Crippen LogP) is 18.1. The molecule has 1 aromatic heterocycles. The smallest absolute Gasteiger partial charge is 0.136 e. The average molecular weight is 880 g/mol. The van der Waals surface area contributed by atoms with Gasteiger partial charge >= 0.3 is 0 Å². The second kappa shape index (κ2) is 16.7. The maximum atomic E-state index is 6.32. The zero-order chi connectivity index (χ0) is 45.7. The molecule has 0 amide bonds. The van der Waals surface area contributed by atoms with E-state index in [0.29, 0.717) is 0 Å². The third-order valence-corrected chi connectivity index (χ3v) is 14.2. The van der Waals surface area contributed by atoms with E-state index < -0.39 is 5.41 Å². The first-order valence-corrected chi connectivity index (χ1v) is 23.7. The predicted molar refractivity (Wildman–Crippen MR) is 287 cm³/mol. The summed E-state index contributed by atoms with van der Waals surface area (Å²) in [5, 5.41) is 2.25. The van der Waals surface area contributed by atoms with Gasteiger partial charge in [-0.3, -0.25) is 0 Å². The van der Waals surface area contributed by atoms with Crippen LogP contribution in [0.1, 0.15) is 22.3 Å². The summed E-state index contributed by atoms with van der Waals surface area (Å²) in [5.41, 5.74) is 21.7. The van der Waals surface area contributed by atoms with Gasteiger partial charge in [0.25, 0.3) is 0 Å². The Kier molecular flexibility index (Phi) is 9.77. The molecule has 0 N–H and O–H groups in total. The lowest BCUT2D eigenvalue weighted by molar-refractivity contribution is 0.669. The first kappa shape index (κ1) is 40.3. The summed E-state index contributed by atoms with van der Waals surface area (Å²) in [7, 11) is 0. The summed E-state index contributed by atoms with van der Waals surface area (Å²) in [4.78, 5) is 2.37. The number of benzene rings is 11. The van der Waals surface area contributed by atoms with Gasteiger partial charge in [0.2, 0.25) is 0 Å². The SMILES string of the molecule is c1ccc(-c2ccc(N(c3cccc(-c4ccc(-c5ccc6c(c5)-c5ccccc5C6(c5ccccc5)c5ccccc5)cc4)c3)c3cccc(-c4cccc5oc6ccccc6c45)c3)cc2)cc1. The number of fused-ring (bicyclic) bond motifs is 6. The summed E-state index contributed by atoms with van der Waals surface area (Å²) in [6.45, 7) is 0. The molecule has 1 heterocycles. The van der Waals surface area contributed by atoms with Gasteiger partial charge in [0.05, 0.1) is 5.41 Å². The summed E-state index contributed by atoms with van der Waals surface area (Å²) in [6, 6.07) is 99.1. The first-order valence-electron chi connectivity index (χ1n) is 23.7. The average Bonchev–Trinajstić information content (AvgIpc) is 3.96. The van der Waals surface area contributed by atoms with Gasteiger partial charge < -0.3 is 9.32 Å². The minimum Gasteiger partial charge on any atom is -0.456 e. The first-order chi connectivity index (χ1) is 34.2. The van der Waals surface area contributed by atoms with Crippen molar-refractivity contribution in [3.63, 3.8) is 0 Å². The van der Waals surface area contributed by atoms with Crippen molar-refractivity contribution in [3.8, 4) is 55.6 Å². The zero-order valence-electron chi connectivity index (χ0n) is 37.8. The van der Waals surface area contributed by atoms with Gasteiger partial charge in [-0.15, -0.1) is 0 Å². The monoisotopic (exact) mass is 879 g/mol. The molecule has 0 bridgehead atoms. The lowest BCUT2D eigenvalue weighted by Gasteiger charge is -2.33. The number of anilines is 3. The Balaban J connectivity index is 0.880.